The summed E-state index contributed by atoms with van der Waals surface area (Å²) in [5.74, 6) is -0.322. The Morgan fingerprint density at radius 3 is 2.95 bits per heavy atom. The number of nitro benzene ring substituents is 1. The van der Waals surface area contributed by atoms with Crippen molar-refractivity contribution >= 4 is 28.1 Å². The van der Waals surface area contributed by atoms with Crippen LogP contribution < -0.4 is 4.90 Å². The number of anilines is 1. The summed E-state index contributed by atoms with van der Waals surface area (Å²) in [5.41, 5.74) is 1.33. The third kappa shape index (κ3) is 3.79. The molecule has 22 heavy (non-hydrogen) atoms. The fourth-order valence-corrected chi connectivity index (χ4v) is 2.62. The van der Waals surface area contributed by atoms with Gasteiger partial charge in [0.25, 0.3) is 5.69 Å². The lowest BCUT2D eigenvalue weighted by Gasteiger charge is -2.13. The lowest BCUT2D eigenvalue weighted by molar-refractivity contribution is -0.384. The van der Waals surface area contributed by atoms with Gasteiger partial charge < -0.3 is 9.64 Å². The Bertz CT molecular complexity index is 686. The molecule has 0 radical (unpaired) electrons. The highest BCUT2D eigenvalue weighted by molar-refractivity contribution is 7.14. The normalized spacial score (nSPS) is 10.3. The van der Waals surface area contributed by atoms with Crippen molar-refractivity contribution in [1.29, 1.82) is 0 Å². The van der Waals surface area contributed by atoms with Crippen molar-refractivity contribution in [3.05, 3.63) is 39.8 Å². The Morgan fingerprint density at radius 1 is 1.50 bits per heavy atom. The Hall–Kier alpha value is -2.48. The summed E-state index contributed by atoms with van der Waals surface area (Å²) in [4.78, 5) is 27.9. The van der Waals surface area contributed by atoms with Crippen LogP contribution >= 0.6 is 11.3 Å². The average Bonchev–Trinajstić information content (AvgIpc) is 2.97. The molecule has 7 nitrogen and oxygen atoms in total. The molecule has 2 aromatic rings. The largest absolute Gasteiger partial charge is 0.465 e. The second kappa shape index (κ2) is 6.99. The van der Waals surface area contributed by atoms with E-state index >= 15 is 0 Å². The van der Waals surface area contributed by atoms with Crippen molar-refractivity contribution in [2.75, 3.05) is 25.1 Å². The van der Waals surface area contributed by atoms with E-state index in [1.54, 1.807) is 36.4 Å². The van der Waals surface area contributed by atoms with Gasteiger partial charge in [0, 0.05) is 30.1 Å². The van der Waals surface area contributed by atoms with E-state index in [4.69, 9.17) is 4.74 Å². The highest BCUT2D eigenvalue weighted by Gasteiger charge is 2.14. The summed E-state index contributed by atoms with van der Waals surface area (Å²) in [7, 11) is 1.74. The first kappa shape index (κ1) is 15.9. The first-order valence-electron chi connectivity index (χ1n) is 6.58. The number of thiazole rings is 1. The van der Waals surface area contributed by atoms with E-state index in [0.29, 0.717) is 23.0 Å². The molecule has 0 spiro atoms. The first-order valence-corrected chi connectivity index (χ1v) is 7.46. The summed E-state index contributed by atoms with van der Waals surface area (Å²) >= 11 is 1.36. The minimum Gasteiger partial charge on any atom is -0.465 e. The molecule has 0 atom stereocenters. The molecule has 0 aliphatic heterocycles. The van der Waals surface area contributed by atoms with E-state index in [0.717, 1.165) is 0 Å². The number of non-ortho nitro benzene ring substituents is 1. The Balaban J connectivity index is 2.15. The first-order chi connectivity index (χ1) is 10.5. The lowest BCUT2D eigenvalue weighted by atomic mass is 10.1. The summed E-state index contributed by atoms with van der Waals surface area (Å²) in [5, 5.41) is 13.3. The maximum absolute atomic E-state index is 11.5. The van der Waals surface area contributed by atoms with Gasteiger partial charge in [-0.15, -0.1) is 11.3 Å². The number of rotatable bonds is 6. The van der Waals surface area contributed by atoms with Crippen LogP contribution in [0, 0.1) is 10.1 Å². The fraction of sp³-hybridized carbons (Fsp3) is 0.286. The molecule has 0 N–H and O–H groups in total. The summed E-state index contributed by atoms with van der Waals surface area (Å²) in [6.07, 6.45) is 0. The topological polar surface area (TPSA) is 85.6 Å². The van der Waals surface area contributed by atoms with Gasteiger partial charge in [0.05, 0.1) is 17.2 Å². The minimum atomic E-state index is -0.441. The molecule has 1 heterocycles. The number of hydrogen-bond acceptors (Lipinski definition) is 7. The van der Waals surface area contributed by atoms with Crippen molar-refractivity contribution in [1.82, 2.24) is 4.98 Å². The van der Waals surface area contributed by atoms with Crippen LogP contribution in [0.15, 0.2) is 29.6 Å². The number of likely N-dealkylation sites (N-methyl/N-ethyl adjacent to an activating group) is 1. The second-order valence-corrected chi connectivity index (χ2v) is 5.32. The number of carbonyl (C=O) groups is 1. The molecule has 0 unspecified atom stereocenters. The zero-order chi connectivity index (χ0) is 16.1. The predicted molar refractivity (Wildman–Crippen MR) is 84.1 cm³/mol. The van der Waals surface area contributed by atoms with Crippen molar-refractivity contribution in [3.8, 4) is 11.3 Å². The number of esters is 1. The molecule has 0 aliphatic carbocycles. The lowest BCUT2D eigenvalue weighted by Crippen LogP contribution is -2.26. The van der Waals surface area contributed by atoms with Crippen LogP contribution in [0.25, 0.3) is 11.3 Å². The SMILES string of the molecule is CCOC(=O)CN(C)c1nc(-c2cccc([N+](=O)[O-])c2)cs1. The molecule has 1 aromatic carbocycles. The predicted octanol–water partition coefficient (Wildman–Crippen LogP) is 2.72. The summed E-state index contributed by atoms with van der Waals surface area (Å²) in [6.45, 7) is 2.20. The molecule has 116 valence electrons. The molecule has 0 amide bonds. The minimum absolute atomic E-state index is 0.0203. The van der Waals surface area contributed by atoms with E-state index in [2.05, 4.69) is 4.98 Å². The van der Waals surface area contributed by atoms with Crippen LogP contribution in [0.1, 0.15) is 6.92 Å². The zero-order valence-electron chi connectivity index (χ0n) is 12.2. The van der Waals surface area contributed by atoms with Crippen molar-refractivity contribution in [2.24, 2.45) is 0 Å². The number of aromatic nitrogens is 1. The van der Waals surface area contributed by atoms with Gasteiger partial charge in [-0.2, -0.15) is 0 Å². The molecule has 1 aromatic heterocycles. The van der Waals surface area contributed by atoms with Gasteiger partial charge in [-0.05, 0) is 6.92 Å². The van der Waals surface area contributed by atoms with Crippen LogP contribution in [-0.2, 0) is 9.53 Å². The van der Waals surface area contributed by atoms with E-state index < -0.39 is 4.92 Å². The number of hydrogen-bond donors (Lipinski definition) is 0. The van der Waals surface area contributed by atoms with Gasteiger partial charge in [0.2, 0.25) is 0 Å². The number of nitro groups is 1. The molecular weight excluding hydrogens is 306 g/mol. The van der Waals surface area contributed by atoms with Gasteiger partial charge in [0.15, 0.2) is 5.13 Å². The van der Waals surface area contributed by atoms with Crippen LogP contribution in [0.2, 0.25) is 0 Å². The van der Waals surface area contributed by atoms with E-state index in [-0.39, 0.29) is 18.2 Å². The highest BCUT2D eigenvalue weighted by atomic mass is 32.1. The Morgan fingerprint density at radius 2 is 2.27 bits per heavy atom. The Labute approximate surface area is 131 Å². The summed E-state index contributed by atoms with van der Waals surface area (Å²) in [6, 6.07) is 6.29. The highest BCUT2D eigenvalue weighted by Crippen LogP contribution is 2.28. The van der Waals surface area contributed by atoms with Crippen LogP contribution in [-0.4, -0.2) is 36.1 Å². The number of ether oxygens (including phenoxy) is 1. The third-order valence-electron chi connectivity index (χ3n) is 2.84. The monoisotopic (exact) mass is 321 g/mol. The quantitative estimate of drug-likeness (QED) is 0.462. The van der Waals surface area contributed by atoms with Gasteiger partial charge in [0.1, 0.15) is 6.54 Å². The average molecular weight is 321 g/mol. The Kier molecular flexibility index (Phi) is 5.05. The van der Waals surface area contributed by atoms with Gasteiger partial charge in [-0.25, -0.2) is 4.98 Å². The molecular formula is C14H15N3O4S. The smallest absolute Gasteiger partial charge is 0.325 e. The van der Waals surface area contributed by atoms with Crippen LogP contribution in [0.4, 0.5) is 10.8 Å². The molecule has 2 rings (SSSR count). The summed E-state index contributed by atoms with van der Waals surface area (Å²) < 4.78 is 4.89. The van der Waals surface area contributed by atoms with Crippen molar-refractivity contribution < 1.29 is 14.5 Å². The number of benzene rings is 1. The van der Waals surface area contributed by atoms with E-state index in [9.17, 15) is 14.9 Å². The molecule has 0 fully saturated rings. The van der Waals surface area contributed by atoms with Crippen LogP contribution in [0.3, 0.4) is 0 Å². The molecule has 0 bridgehead atoms. The maximum atomic E-state index is 11.5. The molecule has 0 aliphatic rings. The third-order valence-corrected chi connectivity index (χ3v) is 3.80. The van der Waals surface area contributed by atoms with Crippen molar-refractivity contribution in [3.63, 3.8) is 0 Å². The van der Waals surface area contributed by atoms with Gasteiger partial charge in [-0.1, -0.05) is 12.1 Å². The maximum Gasteiger partial charge on any atom is 0.325 e. The van der Waals surface area contributed by atoms with Gasteiger partial charge >= 0.3 is 5.97 Å². The molecule has 0 saturated carbocycles. The zero-order valence-corrected chi connectivity index (χ0v) is 13.0. The number of nitrogens with zero attached hydrogens (tertiary/aromatic N) is 3. The van der Waals surface area contributed by atoms with Crippen LogP contribution in [0.5, 0.6) is 0 Å². The standard InChI is InChI=1S/C14H15N3O4S/c1-3-21-13(18)8-16(2)14-15-12(9-22-14)10-5-4-6-11(7-10)17(19)20/h4-7,9H,3,8H2,1-2H3. The molecule has 8 heteroatoms. The van der Waals surface area contributed by atoms with Crippen molar-refractivity contribution in [2.45, 2.75) is 6.92 Å². The fourth-order valence-electron chi connectivity index (χ4n) is 1.82. The molecule has 0 saturated heterocycles. The van der Waals surface area contributed by atoms with Gasteiger partial charge in [-0.3, -0.25) is 14.9 Å². The van der Waals surface area contributed by atoms with E-state index in [1.807, 2.05) is 0 Å². The van der Waals surface area contributed by atoms with E-state index in [1.165, 1.54) is 23.5 Å². The number of carbonyl (C=O) groups excluding carboxylic acids is 1. The second-order valence-electron chi connectivity index (χ2n) is 4.48.